The largest absolute Gasteiger partial charge is 0.478 e. The van der Waals surface area contributed by atoms with Crippen LogP contribution in [-0.4, -0.2) is 16.2 Å². The summed E-state index contributed by atoms with van der Waals surface area (Å²) in [5, 5.41) is 18.6. The number of hydrogen-bond acceptors (Lipinski definition) is 2. The lowest BCUT2D eigenvalue weighted by Gasteiger charge is -2.09. The van der Waals surface area contributed by atoms with Gasteiger partial charge in [-0.15, -0.1) is 0 Å². The van der Waals surface area contributed by atoms with Gasteiger partial charge in [0.2, 0.25) is 0 Å². The predicted molar refractivity (Wildman–Crippen MR) is 94.9 cm³/mol. The SMILES string of the molecule is Cc1ccc(-c2cc(C(=O)O)cc(-c3ccc(CO)cc3)c2)cc1. The summed E-state index contributed by atoms with van der Waals surface area (Å²) in [6, 6.07) is 20.8. The first-order chi connectivity index (χ1) is 11.6. The van der Waals surface area contributed by atoms with Crippen molar-refractivity contribution >= 4 is 5.97 Å². The molecular weight excluding hydrogens is 300 g/mol. The molecule has 24 heavy (non-hydrogen) atoms. The molecule has 2 N–H and O–H groups in total. The van der Waals surface area contributed by atoms with Gasteiger partial charge in [-0.3, -0.25) is 0 Å². The van der Waals surface area contributed by atoms with E-state index in [0.717, 1.165) is 33.4 Å². The number of rotatable bonds is 4. The quantitative estimate of drug-likeness (QED) is 0.743. The van der Waals surface area contributed by atoms with Gasteiger partial charge in [-0.2, -0.15) is 0 Å². The fourth-order valence-corrected chi connectivity index (χ4v) is 2.63. The van der Waals surface area contributed by atoms with Crippen molar-refractivity contribution in [2.24, 2.45) is 0 Å². The highest BCUT2D eigenvalue weighted by molar-refractivity contribution is 5.92. The van der Waals surface area contributed by atoms with Crippen LogP contribution in [0.2, 0.25) is 0 Å². The lowest BCUT2D eigenvalue weighted by atomic mass is 9.95. The van der Waals surface area contributed by atoms with Crippen molar-refractivity contribution in [3.8, 4) is 22.3 Å². The minimum atomic E-state index is -0.947. The Kier molecular flexibility index (Phi) is 4.45. The van der Waals surface area contributed by atoms with E-state index in [1.165, 1.54) is 0 Å². The smallest absolute Gasteiger partial charge is 0.335 e. The summed E-state index contributed by atoms with van der Waals surface area (Å²) in [5.74, 6) is -0.947. The number of carbonyl (C=O) groups is 1. The second-order valence-electron chi connectivity index (χ2n) is 5.83. The van der Waals surface area contributed by atoms with Crippen molar-refractivity contribution in [2.75, 3.05) is 0 Å². The minimum absolute atomic E-state index is 0.00986. The molecule has 3 heteroatoms. The van der Waals surface area contributed by atoms with Gasteiger partial charge in [0.05, 0.1) is 12.2 Å². The molecule has 0 spiro atoms. The highest BCUT2D eigenvalue weighted by atomic mass is 16.4. The number of benzene rings is 3. The topological polar surface area (TPSA) is 57.5 Å². The number of aliphatic hydroxyl groups is 1. The third-order valence-electron chi connectivity index (χ3n) is 4.03. The zero-order chi connectivity index (χ0) is 17.1. The van der Waals surface area contributed by atoms with Crippen molar-refractivity contribution in [1.82, 2.24) is 0 Å². The third-order valence-corrected chi connectivity index (χ3v) is 4.03. The van der Waals surface area contributed by atoms with Crippen LogP contribution < -0.4 is 0 Å². The van der Waals surface area contributed by atoms with Crippen LogP contribution in [-0.2, 0) is 6.61 Å². The van der Waals surface area contributed by atoms with Gasteiger partial charge in [0.1, 0.15) is 0 Å². The maximum absolute atomic E-state index is 11.5. The van der Waals surface area contributed by atoms with Crippen LogP contribution in [0, 0.1) is 6.92 Å². The summed E-state index contributed by atoms with van der Waals surface area (Å²) in [6.07, 6.45) is 0. The average molecular weight is 318 g/mol. The molecule has 0 saturated carbocycles. The Bertz CT molecular complexity index is 863. The molecule has 0 aliphatic rings. The molecule has 3 aromatic rings. The molecule has 0 aliphatic carbocycles. The molecule has 0 amide bonds. The second-order valence-corrected chi connectivity index (χ2v) is 5.83. The fraction of sp³-hybridized carbons (Fsp3) is 0.0952. The number of hydrogen-bond donors (Lipinski definition) is 2. The van der Waals surface area contributed by atoms with E-state index >= 15 is 0 Å². The molecule has 0 bridgehead atoms. The molecule has 0 aliphatic heterocycles. The van der Waals surface area contributed by atoms with Gasteiger partial charge in [0.15, 0.2) is 0 Å². The Morgan fingerprint density at radius 1 is 0.792 bits per heavy atom. The van der Waals surface area contributed by atoms with Crippen LogP contribution in [0.5, 0.6) is 0 Å². The molecule has 0 radical (unpaired) electrons. The van der Waals surface area contributed by atoms with Gasteiger partial charge < -0.3 is 10.2 Å². The zero-order valence-electron chi connectivity index (χ0n) is 13.4. The molecule has 3 aromatic carbocycles. The summed E-state index contributed by atoms with van der Waals surface area (Å²) in [7, 11) is 0. The summed E-state index contributed by atoms with van der Waals surface area (Å²) in [5.41, 5.74) is 5.86. The molecule has 3 nitrogen and oxygen atoms in total. The molecular formula is C21H18O3. The van der Waals surface area contributed by atoms with Crippen molar-refractivity contribution in [1.29, 1.82) is 0 Å². The average Bonchev–Trinajstić information content (AvgIpc) is 2.62. The lowest BCUT2D eigenvalue weighted by Crippen LogP contribution is -1.97. The van der Waals surface area contributed by atoms with Crippen molar-refractivity contribution in [3.63, 3.8) is 0 Å². The highest BCUT2D eigenvalue weighted by Crippen LogP contribution is 2.29. The first-order valence-electron chi connectivity index (χ1n) is 7.72. The van der Waals surface area contributed by atoms with Gasteiger partial charge in [-0.25, -0.2) is 4.79 Å². The Morgan fingerprint density at radius 2 is 1.29 bits per heavy atom. The Balaban J connectivity index is 2.11. The lowest BCUT2D eigenvalue weighted by molar-refractivity contribution is 0.0697. The Morgan fingerprint density at radius 3 is 1.75 bits per heavy atom. The van der Waals surface area contributed by atoms with Crippen molar-refractivity contribution < 1.29 is 15.0 Å². The van der Waals surface area contributed by atoms with E-state index in [1.54, 1.807) is 12.1 Å². The minimum Gasteiger partial charge on any atom is -0.478 e. The molecule has 0 atom stereocenters. The predicted octanol–water partition coefficient (Wildman–Crippen LogP) is 4.52. The summed E-state index contributed by atoms with van der Waals surface area (Å²) >= 11 is 0. The normalized spacial score (nSPS) is 10.6. The van der Waals surface area contributed by atoms with Gasteiger partial charge in [-0.05, 0) is 52.9 Å². The van der Waals surface area contributed by atoms with E-state index in [2.05, 4.69) is 0 Å². The van der Waals surface area contributed by atoms with Gasteiger partial charge >= 0.3 is 5.97 Å². The second kappa shape index (κ2) is 6.69. The summed E-state index contributed by atoms with van der Waals surface area (Å²) in [6.45, 7) is 2.01. The van der Waals surface area contributed by atoms with Crippen LogP contribution in [0.4, 0.5) is 0 Å². The maximum atomic E-state index is 11.5. The summed E-state index contributed by atoms with van der Waals surface area (Å²) in [4.78, 5) is 11.5. The maximum Gasteiger partial charge on any atom is 0.335 e. The van der Waals surface area contributed by atoms with Crippen molar-refractivity contribution in [3.05, 3.63) is 83.4 Å². The van der Waals surface area contributed by atoms with Gasteiger partial charge in [-0.1, -0.05) is 54.1 Å². The van der Waals surface area contributed by atoms with Crippen molar-refractivity contribution in [2.45, 2.75) is 13.5 Å². The van der Waals surface area contributed by atoms with E-state index in [0.29, 0.717) is 0 Å². The van der Waals surface area contributed by atoms with Crippen LogP contribution in [0.1, 0.15) is 21.5 Å². The molecule has 0 unspecified atom stereocenters. The van der Waals surface area contributed by atoms with Crippen LogP contribution >= 0.6 is 0 Å². The monoisotopic (exact) mass is 318 g/mol. The number of aryl methyl sites for hydroxylation is 1. The van der Waals surface area contributed by atoms with E-state index in [-0.39, 0.29) is 12.2 Å². The van der Waals surface area contributed by atoms with Crippen LogP contribution in [0.3, 0.4) is 0 Å². The van der Waals surface area contributed by atoms with E-state index in [9.17, 15) is 9.90 Å². The molecule has 3 rings (SSSR count). The molecule has 0 fully saturated rings. The zero-order valence-corrected chi connectivity index (χ0v) is 13.4. The van der Waals surface area contributed by atoms with Gasteiger partial charge in [0.25, 0.3) is 0 Å². The first-order valence-corrected chi connectivity index (χ1v) is 7.72. The van der Waals surface area contributed by atoms with E-state index in [1.807, 2.05) is 61.5 Å². The van der Waals surface area contributed by atoms with E-state index in [4.69, 9.17) is 5.11 Å². The summed E-state index contributed by atoms with van der Waals surface area (Å²) < 4.78 is 0. The molecule has 0 saturated heterocycles. The van der Waals surface area contributed by atoms with Crippen LogP contribution in [0.15, 0.2) is 66.7 Å². The number of aromatic carboxylic acids is 1. The van der Waals surface area contributed by atoms with Gasteiger partial charge in [0, 0.05) is 0 Å². The number of carboxylic acids is 1. The Labute approximate surface area is 140 Å². The number of aliphatic hydroxyl groups excluding tert-OH is 1. The third kappa shape index (κ3) is 3.36. The van der Waals surface area contributed by atoms with E-state index < -0.39 is 5.97 Å². The van der Waals surface area contributed by atoms with Crippen LogP contribution in [0.25, 0.3) is 22.3 Å². The fourth-order valence-electron chi connectivity index (χ4n) is 2.63. The number of carboxylic acid groups (broad SMARTS) is 1. The molecule has 0 heterocycles. The molecule has 0 aromatic heterocycles. The first kappa shape index (κ1) is 16.0. The highest BCUT2D eigenvalue weighted by Gasteiger charge is 2.10. The standard InChI is InChI=1S/C21H18O3/c1-14-2-6-16(7-3-14)18-10-19(12-20(11-18)21(23)24)17-8-4-15(13-22)5-9-17/h2-12,22H,13H2,1H3,(H,23,24). The molecule has 120 valence electrons. The Hall–Kier alpha value is -2.91.